The van der Waals surface area contributed by atoms with Gasteiger partial charge in [-0.2, -0.15) is 0 Å². The number of fused-ring (bicyclic) bond motifs is 3. The molecule has 3 heteroatoms. The van der Waals surface area contributed by atoms with Crippen LogP contribution in [0.4, 0.5) is 0 Å². The first kappa shape index (κ1) is 27.8. The Hall–Kier alpha value is -5.02. The maximum Gasteiger partial charge on any atom is 0.116 e. The van der Waals surface area contributed by atoms with Gasteiger partial charge in [0.25, 0.3) is 0 Å². The largest absolute Gasteiger partial charge is 0.306 e. The molecule has 0 bridgehead atoms. The van der Waals surface area contributed by atoms with Gasteiger partial charge >= 0.3 is 0 Å². The summed E-state index contributed by atoms with van der Waals surface area (Å²) in [6, 6.07) is 35.3. The average molecular weight is 572 g/mol. The summed E-state index contributed by atoms with van der Waals surface area (Å²) in [6.07, 6.45) is 0. The van der Waals surface area contributed by atoms with Gasteiger partial charge in [0.1, 0.15) is 11.0 Å². The van der Waals surface area contributed by atoms with E-state index in [-0.39, 0.29) is 0 Å². The lowest BCUT2D eigenvalue weighted by Gasteiger charge is -2.14. The smallest absolute Gasteiger partial charge is 0.116 e. The third-order valence-electron chi connectivity index (χ3n) is 8.91. The number of hydrogen-bond donors (Lipinski definition) is 0. The Bertz CT molecular complexity index is 2140. The molecule has 0 atom stereocenters. The molecule has 7 rings (SSSR count). The summed E-state index contributed by atoms with van der Waals surface area (Å²) >= 11 is 0. The summed E-state index contributed by atoms with van der Waals surface area (Å²) in [7, 11) is 0. The summed E-state index contributed by atoms with van der Waals surface area (Å²) in [5, 5.41) is 0. The van der Waals surface area contributed by atoms with Crippen molar-refractivity contribution in [1.82, 2.24) is 14.5 Å². The normalized spacial score (nSPS) is 11.5. The Morgan fingerprint density at radius 1 is 0.386 bits per heavy atom. The van der Waals surface area contributed by atoms with Gasteiger partial charge in [-0.05, 0) is 118 Å². The second-order valence-electron chi connectivity index (χ2n) is 12.4. The van der Waals surface area contributed by atoms with Gasteiger partial charge in [0, 0.05) is 16.8 Å². The number of rotatable bonds is 4. The number of pyridine rings is 2. The van der Waals surface area contributed by atoms with E-state index >= 15 is 0 Å². The Morgan fingerprint density at radius 2 is 0.773 bits per heavy atom. The van der Waals surface area contributed by atoms with Crippen molar-refractivity contribution in [1.29, 1.82) is 0 Å². The Labute approximate surface area is 259 Å². The summed E-state index contributed by atoms with van der Waals surface area (Å²) in [5.41, 5.74) is 20.6. The van der Waals surface area contributed by atoms with Gasteiger partial charge in [-0.1, -0.05) is 77.4 Å². The molecule has 3 heterocycles. The molecular formula is C41H37N3. The Morgan fingerprint density at radius 3 is 1.18 bits per heavy atom. The highest BCUT2D eigenvalue weighted by Gasteiger charge is 2.19. The highest BCUT2D eigenvalue weighted by Crippen LogP contribution is 2.36. The summed E-state index contributed by atoms with van der Waals surface area (Å²) in [5.74, 6) is 0. The summed E-state index contributed by atoms with van der Waals surface area (Å²) in [4.78, 5) is 10.6. The first-order valence-corrected chi connectivity index (χ1v) is 15.3. The minimum absolute atomic E-state index is 0.917. The van der Waals surface area contributed by atoms with Crippen molar-refractivity contribution in [2.45, 2.75) is 48.5 Å². The third kappa shape index (κ3) is 4.69. The molecule has 216 valence electrons. The number of nitrogens with zero attached hydrogens (tertiary/aromatic N) is 3. The molecule has 0 fully saturated rings. The van der Waals surface area contributed by atoms with Crippen molar-refractivity contribution in [3.05, 3.63) is 136 Å². The highest BCUT2D eigenvalue weighted by molar-refractivity contribution is 6.06. The fourth-order valence-electron chi connectivity index (χ4n) is 6.73. The van der Waals surface area contributed by atoms with Crippen molar-refractivity contribution >= 4 is 22.1 Å². The van der Waals surface area contributed by atoms with Crippen molar-refractivity contribution < 1.29 is 0 Å². The fourth-order valence-corrected chi connectivity index (χ4v) is 6.73. The third-order valence-corrected chi connectivity index (χ3v) is 8.91. The van der Waals surface area contributed by atoms with E-state index in [1.54, 1.807) is 0 Å². The molecule has 0 unspecified atom stereocenters. The molecule has 3 aromatic heterocycles. The van der Waals surface area contributed by atoms with Crippen molar-refractivity contribution in [3.63, 3.8) is 0 Å². The SMILES string of the molecule is Cc1ccc(-c2ccc3c(n2)c2nc(-c4ccc(C)cc4C)ccc2n3-c2ccc(-c3ccc(C)cc3C)c(C)c2)c(C)c1. The van der Waals surface area contributed by atoms with Gasteiger partial charge in [-0.3, -0.25) is 0 Å². The van der Waals surface area contributed by atoms with E-state index in [0.717, 1.165) is 50.3 Å². The molecule has 7 aromatic rings. The van der Waals surface area contributed by atoms with Crippen LogP contribution in [0, 0.1) is 48.5 Å². The maximum atomic E-state index is 5.31. The molecule has 0 aliphatic carbocycles. The number of aryl methyl sites for hydroxylation is 7. The predicted molar refractivity (Wildman–Crippen MR) is 186 cm³/mol. The maximum absolute atomic E-state index is 5.31. The van der Waals surface area contributed by atoms with Gasteiger partial charge in [-0.25, -0.2) is 9.97 Å². The van der Waals surface area contributed by atoms with E-state index < -0.39 is 0 Å². The van der Waals surface area contributed by atoms with E-state index in [1.807, 2.05) is 0 Å². The monoisotopic (exact) mass is 571 g/mol. The summed E-state index contributed by atoms with van der Waals surface area (Å²) in [6.45, 7) is 15.1. The molecule has 0 amide bonds. The molecule has 0 spiro atoms. The van der Waals surface area contributed by atoms with Crippen LogP contribution >= 0.6 is 0 Å². The van der Waals surface area contributed by atoms with Crippen LogP contribution in [0.25, 0.3) is 61.4 Å². The molecule has 0 saturated carbocycles. The van der Waals surface area contributed by atoms with Crippen LogP contribution in [-0.2, 0) is 0 Å². The minimum Gasteiger partial charge on any atom is -0.306 e. The van der Waals surface area contributed by atoms with Gasteiger partial charge in [0.05, 0.1) is 22.4 Å². The molecular weight excluding hydrogens is 534 g/mol. The average Bonchev–Trinajstić information content (AvgIpc) is 3.30. The van der Waals surface area contributed by atoms with Crippen molar-refractivity contribution in [3.8, 4) is 39.3 Å². The molecule has 3 nitrogen and oxygen atoms in total. The molecule has 0 radical (unpaired) electrons. The zero-order valence-electron chi connectivity index (χ0n) is 26.6. The van der Waals surface area contributed by atoms with Crippen LogP contribution in [0.5, 0.6) is 0 Å². The van der Waals surface area contributed by atoms with Crippen molar-refractivity contribution in [2.24, 2.45) is 0 Å². The number of hydrogen-bond acceptors (Lipinski definition) is 2. The topological polar surface area (TPSA) is 30.7 Å². The lowest BCUT2D eigenvalue weighted by atomic mass is 9.95. The molecule has 0 aliphatic heterocycles. The van der Waals surface area contributed by atoms with Gasteiger partial charge in [0.15, 0.2) is 0 Å². The molecule has 0 aliphatic rings. The lowest BCUT2D eigenvalue weighted by Crippen LogP contribution is -1.97. The number of benzene rings is 4. The highest BCUT2D eigenvalue weighted by atomic mass is 15.0. The molecule has 4 aromatic carbocycles. The Balaban J connectivity index is 1.46. The predicted octanol–water partition coefficient (Wildman–Crippen LogP) is 10.7. The molecule has 44 heavy (non-hydrogen) atoms. The molecule has 0 N–H and O–H groups in total. The first-order chi connectivity index (χ1) is 21.2. The standard InChI is InChI=1S/C41H37N3/c1-24-8-12-32(27(4)20-24)33-15-11-31(23-30(33)7)44-38-18-16-36(34-13-9-25(2)21-28(34)5)42-40(38)41-39(44)19-17-37(43-41)35-14-10-26(3)22-29(35)6/h8-23H,1-7H3. The van der Waals surface area contributed by atoms with E-state index in [2.05, 4.69) is 150 Å². The quantitative estimate of drug-likeness (QED) is 0.210. The van der Waals surface area contributed by atoms with Crippen LogP contribution in [0.3, 0.4) is 0 Å². The Kier molecular flexibility index (Phi) is 6.70. The minimum atomic E-state index is 0.917. The van der Waals surface area contributed by atoms with E-state index in [9.17, 15) is 0 Å². The fraction of sp³-hybridized carbons (Fsp3) is 0.171. The lowest BCUT2D eigenvalue weighted by molar-refractivity contribution is 1.16. The van der Waals surface area contributed by atoms with Crippen LogP contribution < -0.4 is 0 Å². The summed E-state index contributed by atoms with van der Waals surface area (Å²) < 4.78 is 2.32. The van der Waals surface area contributed by atoms with Crippen molar-refractivity contribution in [2.75, 3.05) is 0 Å². The van der Waals surface area contributed by atoms with E-state index in [4.69, 9.17) is 9.97 Å². The van der Waals surface area contributed by atoms with Crippen LogP contribution in [-0.4, -0.2) is 14.5 Å². The first-order valence-electron chi connectivity index (χ1n) is 15.3. The second kappa shape index (κ2) is 10.6. The second-order valence-corrected chi connectivity index (χ2v) is 12.4. The zero-order valence-corrected chi connectivity index (χ0v) is 26.6. The van der Waals surface area contributed by atoms with Gasteiger partial charge in [0.2, 0.25) is 0 Å². The van der Waals surface area contributed by atoms with Crippen LogP contribution in [0.2, 0.25) is 0 Å². The van der Waals surface area contributed by atoms with Gasteiger partial charge in [-0.15, -0.1) is 0 Å². The zero-order chi connectivity index (χ0) is 30.7. The van der Waals surface area contributed by atoms with Crippen LogP contribution in [0.1, 0.15) is 38.9 Å². The molecule has 0 saturated heterocycles. The van der Waals surface area contributed by atoms with Crippen LogP contribution in [0.15, 0.2) is 97.1 Å². The van der Waals surface area contributed by atoms with Gasteiger partial charge < -0.3 is 4.57 Å². The van der Waals surface area contributed by atoms with E-state index in [0.29, 0.717) is 0 Å². The number of aromatic nitrogens is 3. The van der Waals surface area contributed by atoms with E-state index in [1.165, 1.54) is 50.1 Å².